The van der Waals surface area contributed by atoms with E-state index < -0.39 is 18.1 Å². The molecule has 0 unspecified atom stereocenters. The van der Waals surface area contributed by atoms with Crippen LogP contribution < -0.4 is 10.1 Å². The van der Waals surface area contributed by atoms with Gasteiger partial charge in [-0.25, -0.2) is 14.6 Å². The smallest absolute Gasteiger partial charge is 0.413 e. The zero-order chi connectivity index (χ0) is 14.4. The molecule has 7 nitrogen and oxygen atoms in total. The molecule has 1 amide bonds. The Hall–Kier alpha value is -2.83. The molecule has 1 aromatic carbocycles. The molecule has 2 aromatic rings. The van der Waals surface area contributed by atoms with Gasteiger partial charge in [0.1, 0.15) is 11.8 Å². The number of imidazole rings is 1. The van der Waals surface area contributed by atoms with E-state index in [4.69, 9.17) is 9.84 Å². The average Bonchev–Trinajstić information content (AvgIpc) is 2.92. The van der Waals surface area contributed by atoms with E-state index in [0.29, 0.717) is 11.4 Å². The van der Waals surface area contributed by atoms with Crippen LogP contribution >= 0.6 is 0 Å². The highest BCUT2D eigenvalue weighted by Gasteiger charge is 2.22. The molecular formula is C13H13N3O4. The van der Waals surface area contributed by atoms with Crippen LogP contribution in [0.1, 0.15) is 5.69 Å². The highest BCUT2D eigenvalue weighted by Crippen LogP contribution is 2.08. The Morgan fingerprint density at radius 3 is 2.70 bits per heavy atom. The number of hydrogen-bond acceptors (Lipinski definition) is 4. The van der Waals surface area contributed by atoms with Crippen LogP contribution in [0.2, 0.25) is 0 Å². The number of amides is 1. The van der Waals surface area contributed by atoms with Gasteiger partial charge in [-0.05, 0) is 12.1 Å². The van der Waals surface area contributed by atoms with Crippen molar-refractivity contribution in [3.05, 3.63) is 48.5 Å². The number of carboxylic acids is 1. The lowest BCUT2D eigenvalue weighted by Crippen LogP contribution is -2.43. The Bertz CT molecular complexity index is 569. The molecule has 0 bridgehead atoms. The lowest BCUT2D eigenvalue weighted by Gasteiger charge is -2.13. The number of carbonyl (C=O) groups excluding carboxylic acids is 1. The van der Waals surface area contributed by atoms with Crippen LogP contribution in [0.4, 0.5) is 4.79 Å². The molecule has 0 aliphatic heterocycles. The van der Waals surface area contributed by atoms with E-state index in [1.807, 2.05) is 0 Å². The molecule has 3 N–H and O–H groups in total. The number of H-pyrrole nitrogens is 1. The molecule has 20 heavy (non-hydrogen) atoms. The van der Waals surface area contributed by atoms with E-state index in [1.54, 1.807) is 30.3 Å². The lowest BCUT2D eigenvalue weighted by atomic mass is 10.2. The summed E-state index contributed by atoms with van der Waals surface area (Å²) in [4.78, 5) is 29.3. The SMILES string of the molecule is O=C(N[C@@H](Cc1cnc[nH]1)C(=O)O)Oc1ccccc1. The maximum atomic E-state index is 11.6. The van der Waals surface area contributed by atoms with E-state index >= 15 is 0 Å². The minimum atomic E-state index is -1.15. The summed E-state index contributed by atoms with van der Waals surface area (Å²) < 4.78 is 4.98. The Morgan fingerprint density at radius 2 is 2.10 bits per heavy atom. The molecule has 1 heterocycles. The Kier molecular flexibility index (Phi) is 4.33. The molecule has 104 valence electrons. The van der Waals surface area contributed by atoms with Gasteiger partial charge in [-0.3, -0.25) is 0 Å². The molecule has 1 aromatic heterocycles. The van der Waals surface area contributed by atoms with Crippen molar-refractivity contribution in [3.63, 3.8) is 0 Å². The summed E-state index contributed by atoms with van der Waals surface area (Å²) in [5, 5.41) is 11.4. The van der Waals surface area contributed by atoms with Gasteiger partial charge in [-0.15, -0.1) is 0 Å². The van der Waals surface area contributed by atoms with E-state index in [2.05, 4.69) is 15.3 Å². The van der Waals surface area contributed by atoms with Gasteiger partial charge >= 0.3 is 12.1 Å². The predicted molar refractivity (Wildman–Crippen MR) is 69.3 cm³/mol. The first kappa shape index (κ1) is 13.6. The molecule has 7 heteroatoms. The Morgan fingerprint density at radius 1 is 1.35 bits per heavy atom. The molecule has 0 spiro atoms. The number of aromatic nitrogens is 2. The quantitative estimate of drug-likeness (QED) is 0.760. The fraction of sp³-hybridized carbons (Fsp3) is 0.154. The second-order valence-electron chi connectivity index (χ2n) is 4.02. The van der Waals surface area contributed by atoms with Crippen molar-refractivity contribution in [1.29, 1.82) is 0 Å². The van der Waals surface area contributed by atoms with E-state index in [-0.39, 0.29) is 6.42 Å². The third-order valence-electron chi connectivity index (χ3n) is 2.52. The number of nitrogens with zero attached hydrogens (tertiary/aromatic N) is 1. The highest BCUT2D eigenvalue weighted by molar-refractivity contribution is 5.81. The number of carboxylic acid groups (broad SMARTS) is 1. The third-order valence-corrected chi connectivity index (χ3v) is 2.52. The normalized spacial score (nSPS) is 11.6. The number of benzene rings is 1. The van der Waals surface area contributed by atoms with Crippen molar-refractivity contribution in [1.82, 2.24) is 15.3 Å². The second-order valence-corrected chi connectivity index (χ2v) is 4.02. The molecule has 1 atom stereocenters. The van der Waals surface area contributed by atoms with Crippen LogP contribution in [-0.2, 0) is 11.2 Å². The third kappa shape index (κ3) is 3.84. The summed E-state index contributed by atoms with van der Waals surface area (Å²) in [6.07, 6.45) is 2.22. The lowest BCUT2D eigenvalue weighted by molar-refractivity contribution is -0.139. The number of aromatic amines is 1. The standard InChI is InChI=1S/C13H13N3O4/c17-12(18)11(6-9-7-14-8-15-9)16-13(19)20-10-4-2-1-3-5-10/h1-5,7-8,11H,6H2,(H,14,15)(H,16,19)(H,17,18)/t11-/m0/s1. The minimum Gasteiger partial charge on any atom is -0.480 e. The first-order valence-corrected chi connectivity index (χ1v) is 5.88. The van der Waals surface area contributed by atoms with Crippen LogP contribution in [0.25, 0.3) is 0 Å². The average molecular weight is 275 g/mol. The van der Waals surface area contributed by atoms with E-state index in [0.717, 1.165) is 0 Å². The fourth-order valence-electron chi connectivity index (χ4n) is 1.58. The van der Waals surface area contributed by atoms with Crippen LogP contribution in [0.3, 0.4) is 0 Å². The van der Waals surface area contributed by atoms with Gasteiger partial charge in [-0.1, -0.05) is 18.2 Å². The van der Waals surface area contributed by atoms with Gasteiger partial charge in [0, 0.05) is 18.3 Å². The van der Waals surface area contributed by atoms with Crippen molar-refractivity contribution in [2.24, 2.45) is 0 Å². The molecule has 0 radical (unpaired) electrons. The van der Waals surface area contributed by atoms with E-state index in [1.165, 1.54) is 12.5 Å². The van der Waals surface area contributed by atoms with Gasteiger partial charge in [0.25, 0.3) is 0 Å². The number of hydrogen-bond donors (Lipinski definition) is 3. The van der Waals surface area contributed by atoms with Gasteiger partial charge in [0.2, 0.25) is 0 Å². The monoisotopic (exact) mass is 275 g/mol. The molecule has 2 rings (SSSR count). The maximum absolute atomic E-state index is 11.6. The van der Waals surface area contributed by atoms with Crippen molar-refractivity contribution in [2.75, 3.05) is 0 Å². The Labute approximate surface area is 114 Å². The van der Waals surface area contributed by atoms with Gasteiger partial charge < -0.3 is 20.1 Å². The number of ether oxygens (including phenoxy) is 1. The Balaban J connectivity index is 1.94. The molecule has 0 saturated carbocycles. The topological polar surface area (TPSA) is 104 Å². The summed E-state index contributed by atoms with van der Waals surface area (Å²) in [6.45, 7) is 0. The van der Waals surface area contributed by atoms with Crippen molar-refractivity contribution in [2.45, 2.75) is 12.5 Å². The van der Waals surface area contributed by atoms with Crippen molar-refractivity contribution in [3.8, 4) is 5.75 Å². The molecular weight excluding hydrogens is 262 g/mol. The molecule has 0 saturated heterocycles. The van der Waals surface area contributed by atoms with Crippen LogP contribution in [0.15, 0.2) is 42.9 Å². The van der Waals surface area contributed by atoms with Gasteiger partial charge in [0.05, 0.1) is 6.33 Å². The summed E-state index contributed by atoms with van der Waals surface area (Å²) in [5.74, 6) is -0.805. The van der Waals surface area contributed by atoms with E-state index in [9.17, 15) is 9.59 Å². The number of carbonyl (C=O) groups is 2. The summed E-state index contributed by atoms with van der Waals surface area (Å²) >= 11 is 0. The number of para-hydroxylation sites is 1. The summed E-state index contributed by atoms with van der Waals surface area (Å²) in [5.41, 5.74) is 0.609. The van der Waals surface area contributed by atoms with Crippen LogP contribution in [0.5, 0.6) is 5.75 Å². The zero-order valence-electron chi connectivity index (χ0n) is 10.4. The highest BCUT2D eigenvalue weighted by atomic mass is 16.6. The first-order valence-electron chi connectivity index (χ1n) is 5.88. The van der Waals surface area contributed by atoms with Crippen molar-refractivity contribution < 1.29 is 19.4 Å². The minimum absolute atomic E-state index is 0.0965. The van der Waals surface area contributed by atoms with Crippen LogP contribution in [-0.4, -0.2) is 33.2 Å². The van der Waals surface area contributed by atoms with Crippen LogP contribution in [0, 0.1) is 0 Å². The first-order chi connectivity index (χ1) is 9.65. The fourth-order valence-corrected chi connectivity index (χ4v) is 1.58. The van der Waals surface area contributed by atoms with Crippen molar-refractivity contribution >= 4 is 12.1 Å². The summed E-state index contributed by atoms with van der Waals surface area (Å²) in [7, 11) is 0. The zero-order valence-corrected chi connectivity index (χ0v) is 10.4. The molecule has 0 fully saturated rings. The molecule has 0 aliphatic rings. The molecule has 0 aliphatic carbocycles. The van der Waals surface area contributed by atoms with Gasteiger partial charge in [0.15, 0.2) is 0 Å². The number of rotatable bonds is 5. The van der Waals surface area contributed by atoms with Gasteiger partial charge in [-0.2, -0.15) is 0 Å². The maximum Gasteiger partial charge on any atom is 0.413 e. The number of nitrogens with one attached hydrogen (secondary N) is 2. The largest absolute Gasteiger partial charge is 0.480 e. The second kappa shape index (κ2) is 6.37. The predicted octanol–water partition coefficient (Wildman–Crippen LogP) is 1.19. The summed E-state index contributed by atoms with van der Waals surface area (Å²) in [6, 6.07) is 7.31. The number of aliphatic carboxylic acids is 1.